The Balaban J connectivity index is 1.87. The van der Waals surface area contributed by atoms with Crippen molar-refractivity contribution in [2.24, 2.45) is 0 Å². The summed E-state index contributed by atoms with van der Waals surface area (Å²) in [5, 5.41) is 16.4. The molecule has 0 spiro atoms. The number of nitrogens with one attached hydrogen (secondary N) is 1. The molecule has 1 fully saturated rings. The molecule has 28 heavy (non-hydrogen) atoms. The fourth-order valence-electron chi connectivity index (χ4n) is 3.23. The molecule has 2 heterocycles. The minimum absolute atomic E-state index is 0.0360. The minimum Gasteiger partial charge on any atom is -0.321 e. The number of sulfone groups is 1. The number of nitrogens with zero attached hydrogens (tertiary/aromatic N) is 3. The number of hydrogen-bond donors (Lipinski definition) is 1. The summed E-state index contributed by atoms with van der Waals surface area (Å²) in [7, 11) is -3.06. The Bertz CT molecular complexity index is 1100. The zero-order valence-electron chi connectivity index (χ0n) is 15.4. The third-order valence-electron chi connectivity index (χ3n) is 4.69. The first-order valence-electron chi connectivity index (χ1n) is 8.65. The van der Waals surface area contributed by atoms with Gasteiger partial charge in [-0.05, 0) is 50.6 Å². The molecule has 1 aromatic heterocycles. The molecular weight excluding hydrogens is 383 g/mol. The fourth-order valence-corrected chi connectivity index (χ4v) is 4.92. The molecular formula is C19H19FN4O3S. The molecule has 1 aliphatic heterocycles. The van der Waals surface area contributed by atoms with Crippen LogP contribution in [0, 0.1) is 31.0 Å². The first-order chi connectivity index (χ1) is 13.2. The lowest BCUT2D eigenvalue weighted by Gasteiger charge is -2.11. The average Bonchev–Trinajstić information content (AvgIpc) is 3.14. The molecule has 1 amide bonds. The van der Waals surface area contributed by atoms with Crippen molar-refractivity contribution >= 4 is 27.5 Å². The molecule has 0 bridgehead atoms. The zero-order valence-corrected chi connectivity index (χ0v) is 16.3. The second-order valence-corrected chi connectivity index (χ2v) is 8.95. The largest absolute Gasteiger partial charge is 0.321 e. The highest BCUT2D eigenvalue weighted by Crippen LogP contribution is 2.27. The van der Waals surface area contributed by atoms with Gasteiger partial charge in [0.2, 0.25) is 0 Å². The lowest BCUT2D eigenvalue weighted by Crippen LogP contribution is -2.14. The maximum atomic E-state index is 13.0. The van der Waals surface area contributed by atoms with Crippen molar-refractivity contribution in [3.8, 4) is 6.07 Å². The lowest BCUT2D eigenvalue weighted by atomic mass is 10.1. The van der Waals surface area contributed by atoms with Gasteiger partial charge in [0.05, 0.1) is 23.2 Å². The van der Waals surface area contributed by atoms with Gasteiger partial charge in [-0.25, -0.2) is 12.8 Å². The van der Waals surface area contributed by atoms with E-state index in [9.17, 15) is 22.9 Å². The van der Waals surface area contributed by atoms with Crippen LogP contribution < -0.4 is 5.32 Å². The van der Waals surface area contributed by atoms with Crippen LogP contribution in [0.1, 0.15) is 29.4 Å². The molecule has 7 nitrogen and oxygen atoms in total. The predicted molar refractivity (Wildman–Crippen MR) is 103 cm³/mol. The molecule has 0 radical (unpaired) electrons. The summed E-state index contributed by atoms with van der Waals surface area (Å²) < 4.78 is 38.2. The van der Waals surface area contributed by atoms with Crippen LogP contribution >= 0.6 is 0 Å². The van der Waals surface area contributed by atoms with Gasteiger partial charge in [0.15, 0.2) is 9.84 Å². The molecule has 1 saturated heterocycles. The standard InChI is InChI=1S/C19H19FN4O3S/c1-12-18(13(2)24(23-12)17-7-8-28(26,27)11-17)9-14(10-21)19(25)22-16-5-3-15(20)4-6-16/h3-6,9,17H,7-8,11H2,1-2H3,(H,22,25)/b14-9+/t17-/m1/s1. The van der Waals surface area contributed by atoms with Gasteiger partial charge in [-0.1, -0.05) is 0 Å². The molecule has 9 heteroatoms. The summed E-state index contributed by atoms with van der Waals surface area (Å²) >= 11 is 0. The van der Waals surface area contributed by atoms with Crippen molar-refractivity contribution in [1.29, 1.82) is 5.26 Å². The third kappa shape index (κ3) is 4.12. The zero-order chi connectivity index (χ0) is 20.5. The number of nitriles is 1. The normalized spacial score (nSPS) is 18.6. The molecule has 0 saturated carbocycles. The molecule has 1 atom stereocenters. The van der Waals surface area contributed by atoms with Gasteiger partial charge in [0, 0.05) is 16.9 Å². The number of aryl methyl sites for hydroxylation is 1. The van der Waals surface area contributed by atoms with Crippen molar-refractivity contribution in [3.05, 3.63) is 52.6 Å². The first-order valence-corrected chi connectivity index (χ1v) is 10.5. The van der Waals surface area contributed by atoms with Gasteiger partial charge in [-0.2, -0.15) is 10.4 Å². The quantitative estimate of drug-likeness (QED) is 0.625. The number of carbonyl (C=O) groups is 1. The van der Waals surface area contributed by atoms with Crippen LogP contribution in [0.3, 0.4) is 0 Å². The van der Waals surface area contributed by atoms with Crippen LogP contribution in [-0.4, -0.2) is 35.6 Å². The van der Waals surface area contributed by atoms with Crippen LogP contribution in [0.5, 0.6) is 0 Å². The molecule has 0 unspecified atom stereocenters. The van der Waals surface area contributed by atoms with Gasteiger partial charge in [-0.3, -0.25) is 9.48 Å². The molecule has 146 valence electrons. The summed E-state index contributed by atoms with van der Waals surface area (Å²) in [5.41, 5.74) is 2.14. The second-order valence-electron chi connectivity index (χ2n) is 6.72. The second kappa shape index (κ2) is 7.56. The van der Waals surface area contributed by atoms with Crippen molar-refractivity contribution in [2.75, 3.05) is 16.8 Å². The highest BCUT2D eigenvalue weighted by molar-refractivity contribution is 7.91. The Hall–Kier alpha value is -2.99. The maximum Gasteiger partial charge on any atom is 0.266 e. The van der Waals surface area contributed by atoms with Crippen LogP contribution in [-0.2, 0) is 14.6 Å². The Morgan fingerprint density at radius 1 is 1.36 bits per heavy atom. The van der Waals surface area contributed by atoms with Crippen LogP contribution in [0.15, 0.2) is 29.8 Å². The highest BCUT2D eigenvalue weighted by Gasteiger charge is 2.31. The number of hydrogen-bond acceptors (Lipinski definition) is 5. The summed E-state index contributed by atoms with van der Waals surface area (Å²) in [6, 6.07) is 6.84. The lowest BCUT2D eigenvalue weighted by molar-refractivity contribution is -0.112. The number of anilines is 1. The fraction of sp³-hybridized carbons (Fsp3) is 0.316. The van der Waals surface area contributed by atoms with Crippen molar-refractivity contribution < 1.29 is 17.6 Å². The third-order valence-corrected chi connectivity index (χ3v) is 6.44. The Morgan fingerprint density at radius 2 is 2.04 bits per heavy atom. The predicted octanol–water partition coefficient (Wildman–Crippen LogP) is 2.54. The van der Waals surface area contributed by atoms with E-state index in [1.165, 1.54) is 30.3 Å². The van der Waals surface area contributed by atoms with Gasteiger partial charge < -0.3 is 5.32 Å². The minimum atomic E-state index is -3.06. The average molecular weight is 402 g/mol. The number of carbonyl (C=O) groups excluding carboxylic acids is 1. The Kier molecular flexibility index (Phi) is 5.34. The van der Waals surface area contributed by atoms with E-state index in [-0.39, 0.29) is 23.1 Å². The Morgan fingerprint density at radius 3 is 2.61 bits per heavy atom. The molecule has 1 N–H and O–H groups in total. The summed E-state index contributed by atoms with van der Waals surface area (Å²) in [6.07, 6.45) is 1.93. The van der Waals surface area contributed by atoms with Crippen molar-refractivity contribution in [3.63, 3.8) is 0 Å². The van der Waals surface area contributed by atoms with E-state index >= 15 is 0 Å². The summed E-state index contributed by atoms with van der Waals surface area (Å²) in [6.45, 7) is 3.52. The number of amides is 1. The topological polar surface area (TPSA) is 105 Å². The molecule has 2 aromatic rings. The van der Waals surface area contributed by atoms with Crippen molar-refractivity contribution in [1.82, 2.24) is 9.78 Å². The molecule has 1 aliphatic rings. The highest BCUT2D eigenvalue weighted by atomic mass is 32.2. The molecule has 1 aromatic carbocycles. The van der Waals surface area contributed by atoms with Crippen molar-refractivity contribution in [2.45, 2.75) is 26.3 Å². The van der Waals surface area contributed by atoms with Gasteiger partial charge in [0.1, 0.15) is 17.5 Å². The molecule has 0 aliphatic carbocycles. The number of rotatable bonds is 4. The van der Waals surface area contributed by atoms with E-state index < -0.39 is 21.6 Å². The van der Waals surface area contributed by atoms with Crippen LogP contribution in [0.4, 0.5) is 10.1 Å². The first kappa shape index (κ1) is 19.8. The van der Waals surface area contributed by atoms with Gasteiger partial charge >= 0.3 is 0 Å². The summed E-state index contributed by atoms with van der Waals surface area (Å²) in [4.78, 5) is 12.4. The van der Waals surface area contributed by atoms with E-state index in [1.54, 1.807) is 18.5 Å². The Labute approximate surface area is 162 Å². The van der Waals surface area contributed by atoms with Crippen LogP contribution in [0.2, 0.25) is 0 Å². The van der Waals surface area contributed by atoms with Gasteiger partial charge in [-0.15, -0.1) is 0 Å². The number of halogens is 1. The van der Waals surface area contributed by atoms with E-state index in [4.69, 9.17) is 0 Å². The van der Waals surface area contributed by atoms with Crippen LogP contribution in [0.25, 0.3) is 6.08 Å². The SMILES string of the molecule is Cc1nn([C@@H]2CCS(=O)(=O)C2)c(C)c1/C=C(\C#N)C(=O)Nc1ccc(F)cc1. The van der Waals surface area contributed by atoms with E-state index in [0.717, 1.165) is 0 Å². The van der Waals surface area contributed by atoms with E-state index in [1.807, 2.05) is 6.07 Å². The van der Waals surface area contributed by atoms with E-state index in [0.29, 0.717) is 29.1 Å². The smallest absolute Gasteiger partial charge is 0.266 e. The molecule has 3 rings (SSSR count). The van der Waals surface area contributed by atoms with Gasteiger partial charge in [0.25, 0.3) is 5.91 Å². The summed E-state index contributed by atoms with van der Waals surface area (Å²) in [5.74, 6) is -0.885. The van der Waals surface area contributed by atoms with E-state index in [2.05, 4.69) is 10.4 Å². The monoisotopic (exact) mass is 402 g/mol. The maximum absolute atomic E-state index is 13.0. The number of aromatic nitrogens is 2. The number of benzene rings is 1.